The van der Waals surface area contributed by atoms with E-state index in [0.717, 1.165) is 0 Å². The molecule has 0 rings (SSSR count). The van der Waals surface area contributed by atoms with Crippen LogP contribution in [0.3, 0.4) is 0 Å². The van der Waals surface area contributed by atoms with Gasteiger partial charge in [0.15, 0.2) is 13.8 Å². The van der Waals surface area contributed by atoms with E-state index in [2.05, 4.69) is 6.58 Å². The Morgan fingerprint density at radius 3 is 2.27 bits per heavy atom. The van der Waals surface area contributed by atoms with E-state index < -0.39 is 19.6 Å². The highest BCUT2D eigenvalue weighted by atomic mass is 31.1. The molecule has 0 aromatic rings. The number of aliphatic hydroxyl groups excluding tert-OH is 1. The van der Waals surface area contributed by atoms with Crippen molar-refractivity contribution >= 4 is 7.95 Å². The van der Waals surface area contributed by atoms with Gasteiger partial charge in [-0.3, -0.25) is 0 Å². The van der Waals surface area contributed by atoms with E-state index in [1.807, 2.05) is 27.7 Å². The Kier molecular flexibility index (Phi) is 10.4. The number of hydrogen-bond acceptors (Lipinski definition) is 5. The molecule has 7 heteroatoms. The van der Waals surface area contributed by atoms with E-state index in [4.69, 9.17) is 10.5 Å². The molecule has 0 aliphatic heterocycles. The molecule has 3 unspecified atom stereocenters. The highest BCUT2D eigenvalue weighted by Crippen LogP contribution is 2.42. The average molecular weight is 336 g/mol. The van der Waals surface area contributed by atoms with Crippen LogP contribution >= 0.6 is 7.95 Å². The van der Waals surface area contributed by atoms with Crippen molar-refractivity contribution in [2.24, 2.45) is 5.73 Å². The van der Waals surface area contributed by atoms with Gasteiger partial charge in [0.1, 0.15) is 0 Å². The molecule has 0 aliphatic carbocycles. The maximum absolute atomic E-state index is 12.7. The predicted molar refractivity (Wildman–Crippen MR) is 91.1 cm³/mol. The van der Waals surface area contributed by atoms with Gasteiger partial charge in [0.25, 0.3) is 0 Å². The molecule has 0 saturated heterocycles. The Balaban J connectivity index is 5.17. The van der Waals surface area contributed by atoms with Gasteiger partial charge in [-0.25, -0.2) is 4.67 Å². The molecule has 0 aromatic heterocycles. The van der Waals surface area contributed by atoms with Gasteiger partial charge < -0.3 is 25.2 Å². The summed E-state index contributed by atoms with van der Waals surface area (Å²) in [5.74, 6) is -3.30. The summed E-state index contributed by atoms with van der Waals surface area (Å²) in [6, 6.07) is -0.0116. The number of unbranched alkanes of at least 4 members (excludes halogenated alkanes) is 1. The first-order valence-corrected chi connectivity index (χ1v) is 9.32. The van der Waals surface area contributed by atoms with Crippen LogP contribution in [0.15, 0.2) is 12.7 Å². The summed E-state index contributed by atoms with van der Waals surface area (Å²) in [5, 5.41) is 21.1. The quantitative estimate of drug-likeness (QED) is 0.218. The highest BCUT2D eigenvalue weighted by Gasteiger charge is 2.42. The molecule has 0 fully saturated rings. The molecule has 0 radical (unpaired) electrons. The fourth-order valence-electron chi connectivity index (χ4n) is 2.45. The fraction of sp³-hybridized carbons (Fsp3) is 0.867. The number of hydrogen-bond donors (Lipinski definition) is 3. The topological polar surface area (TPSA) is 96.0 Å². The Hall–Kier alpha value is -0.230. The molecular formula is C15H33N2O4P. The lowest BCUT2D eigenvalue weighted by molar-refractivity contribution is -0.235. The molecule has 4 N–H and O–H groups in total. The second kappa shape index (κ2) is 10.5. The van der Waals surface area contributed by atoms with Crippen molar-refractivity contribution in [1.82, 2.24) is 4.67 Å². The van der Waals surface area contributed by atoms with E-state index in [1.165, 1.54) is 6.08 Å². The van der Waals surface area contributed by atoms with Crippen LogP contribution in [0.2, 0.25) is 0 Å². The monoisotopic (exact) mass is 336 g/mol. The molecule has 0 spiro atoms. The zero-order valence-electron chi connectivity index (χ0n) is 14.3. The first kappa shape index (κ1) is 21.8. The second-order valence-electron chi connectivity index (χ2n) is 6.03. The van der Waals surface area contributed by atoms with E-state index in [9.17, 15) is 14.8 Å². The average Bonchev–Trinajstić information content (AvgIpc) is 2.43. The van der Waals surface area contributed by atoms with Gasteiger partial charge in [-0.15, -0.1) is 6.58 Å². The minimum absolute atomic E-state index is 0.00580. The number of rotatable bonds is 12. The summed E-state index contributed by atoms with van der Waals surface area (Å²) in [5.41, 5.74) is 5.46. The van der Waals surface area contributed by atoms with E-state index in [-0.39, 0.29) is 25.1 Å². The molecule has 0 amide bonds. The van der Waals surface area contributed by atoms with Crippen LogP contribution in [0.5, 0.6) is 0 Å². The molecular weight excluding hydrogens is 303 g/mol. The molecule has 0 aliphatic rings. The van der Waals surface area contributed by atoms with Crippen molar-refractivity contribution in [3.63, 3.8) is 0 Å². The van der Waals surface area contributed by atoms with Crippen LogP contribution in [-0.2, 0) is 9.30 Å². The number of nitrogens with two attached hydrogens (primary N) is 1. The summed E-state index contributed by atoms with van der Waals surface area (Å²) in [6.07, 6.45) is 2.95. The smallest absolute Gasteiger partial charge is 0.200 e. The van der Waals surface area contributed by atoms with Gasteiger partial charge in [-0.1, -0.05) is 6.08 Å². The molecule has 0 heterocycles. The number of nitrogens with zero attached hydrogens (tertiary/aromatic N) is 1. The SMILES string of the molecule is C=CCOC(O)(CCCCN)C(O)[PH](=O)N(C(C)C)C(C)C. The van der Waals surface area contributed by atoms with Gasteiger partial charge in [0, 0.05) is 18.5 Å². The van der Waals surface area contributed by atoms with Gasteiger partial charge >= 0.3 is 0 Å². The van der Waals surface area contributed by atoms with Gasteiger partial charge in [-0.2, -0.15) is 0 Å². The van der Waals surface area contributed by atoms with Crippen molar-refractivity contribution in [3.8, 4) is 0 Å². The summed E-state index contributed by atoms with van der Waals surface area (Å²) < 4.78 is 19.8. The van der Waals surface area contributed by atoms with Crippen LogP contribution in [-0.4, -0.2) is 51.8 Å². The largest absolute Gasteiger partial charge is 0.379 e. The number of aliphatic hydroxyl groups is 2. The number of ether oxygens (including phenoxy) is 1. The summed E-state index contributed by atoms with van der Waals surface area (Å²) in [6.45, 7) is 11.7. The summed E-state index contributed by atoms with van der Waals surface area (Å²) in [4.78, 5) is 0. The molecule has 6 nitrogen and oxygen atoms in total. The molecule has 22 heavy (non-hydrogen) atoms. The first-order chi connectivity index (χ1) is 10.2. The highest BCUT2D eigenvalue weighted by molar-refractivity contribution is 7.42. The van der Waals surface area contributed by atoms with Crippen LogP contribution in [0, 0.1) is 0 Å². The Labute approximate surface area is 135 Å². The molecule has 0 saturated carbocycles. The van der Waals surface area contributed by atoms with Crippen LogP contribution < -0.4 is 5.73 Å². The third-order valence-electron chi connectivity index (χ3n) is 3.47. The maximum atomic E-state index is 12.7. The normalized spacial score (nSPS) is 17.7. The Morgan fingerprint density at radius 2 is 1.86 bits per heavy atom. The predicted octanol–water partition coefficient (Wildman–Crippen LogP) is 1.92. The maximum Gasteiger partial charge on any atom is 0.200 e. The van der Waals surface area contributed by atoms with Crippen LogP contribution in [0.1, 0.15) is 47.0 Å². The minimum atomic E-state index is -2.63. The van der Waals surface area contributed by atoms with Gasteiger partial charge in [0.2, 0.25) is 5.79 Å². The molecule has 132 valence electrons. The Morgan fingerprint density at radius 1 is 1.32 bits per heavy atom. The van der Waals surface area contributed by atoms with Crippen molar-refractivity contribution in [2.75, 3.05) is 13.2 Å². The zero-order valence-corrected chi connectivity index (χ0v) is 15.3. The van der Waals surface area contributed by atoms with Gasteiger partial charge in [-0.05, 0) is 47.1 Å². The second-order valence-corrected chi connectivity index (χ2v) is 7.77. The van der Waals surface area contributed by atoms with Crippen LogP contribution in [0.4, 0.5) is 0 Å². The fourth-order valence-corrected chi connectivity index (χ4v) is 4.37. The Bertz CT molecular complexity index is 344. The zero-order chi connectivity index (χ0) is 17.3. The van der Waals surface area contributed by atoms with E-state index >= 15 is 0 Å². The van der Waals surface area contributed by atoms with Crippen molar-refractivity contribution < 1.29 is 19.5 Å². The minimum Gasteiger partial charge on any atom is -0.379 e. The summed E-state index contributed by atoms with van der Waals surface area (Å²) in [7, 11) is -2.63. The lowest BCUT2D eigenvalue weighted by Gasteiger charge is -2.38. The summed E-state index contributed by atoms with van der Waals surface area (Å²) >= 11 is 0. The lowest BCUT2D eigenvalue weighted by Crippen LogP contribution is -2.46. The van der Waals surface area contributed by atoms with Crippen molar-refractivity contribution in [3.05, 3.63) is 12.7 Å². The van der Waals surface area contributed by atoms with Crippen molar-refractivity contribution in [2.45, 2.75) is 70.7 Å². The molecule has 3 atom stereocenters. The van der Waals surface area contributed by atoms with E-state index in [1.54, 1.807) is 4.67 Å². The van der Waals surface area contributed by atoms with Gasteiger partial charge in [0.05, 0.1) is 6.61 Å². The standard InChI is InChI=1S/C15H33N2O4P/c1-6-11-21-15(19,9-7-8-10-16)14(18)22(20)17(12(2)3)13(4)5/h6,12-14,18-19,22H,1,7-11,16H2,2-5H3. The molecule has 0 aromatic carbocycles. The van der Waals surface area contributed by atoms with E-state index in [0.29, 0.717) is 19.4 Å². The van der Waals surface area contributed by atoms with Crippen molar-refractivity contribution in [1.29, 1.82) is 0 Å². The molecule has 0 bridgehead atoms. The van der Waals surface area contributed by atoms with Crippen LogP contribution in [0.25, 0.3) is 0 Å². The third-order valence-corrected chi connectivity index (χ3v) is 5.93. The first-order valence-electron chi connectivity index (χ1n) is 7.88. The third kappa shape index (κ3) is 6.49. The lowest BCUT2D eigenvalue weighted by atomic mass is 10.1.